The number of unbranched alkanes of at least 4 members (excludes halogenated alkanes) is 6. The average molecular weight is 349 g/mol. The van der Waals surface area contributed by atoms with Crippen molar-refractivity contribution in [2.45, 2.75) is 82.7 Å². The van der Waals surface area contributed by atoms with E-state index in [2.05, 4.69) is 6.92 Å². The van der Waals surface area contributed by atoms with Crippen LogP contribution in [0.5, 0.6) is 0 Å². The Balaban J connectivity index is 3.99. The highest BCUT2D eigenvalue weighted by Gasteiger charge is 2.31. The van der Waals surface area contributed by atoms with Gasteiger partial charge in [-0.15, -0.1) is 0 Å². The van der Waals surface area contributed by atoms with Gasteiger partial charge in [-0.1, -0.05) is 45.4 Å². The molecular weight excluding hydrogens is 314 g/mol. The van der Waals surface area contributed by atoms with Crippen LogP contribution >= 0.6 is 0 Å². The summed E-state index contributed by atoms with van der Waals surface area (Å²) < 4.78 is 0. The monoisotopic (exact) mass is 349 g/mol. The predicted octanol–water partition coefficient (Wildman–Crippen LogP) is 0.0214. The van der Waals surface area contributed by atoms with E-state index in [-0.39, 0.29) is 12.5 Å². The summed E-state index contributed by atoms with van der Waals surface area (Å²) in [4.78, 5) is 13.3. The molecule has 0 rings (SSSR count). The highest BCUT2D eigenvalue weighted by Crippen LogP contribution is 2.10. The molecule has 0 aromatic carbocycles. The van der Waals surface area contributed by atoms with Gasteiger partial charge < -0.3 is 30.4 Å². The fourth-order valence-corrected chi connectivity index (χ4v) is 2.48. The van der Waals surface area contributed by atoms with Gasteiger partial charge in [0.15, 0.2) is 0 Å². The van der Waals surface area contributed by atoms with E-state index in [1.54, 1.807) is 0 Å². The van der Waals surface area contributed by atoms with Gasteiger partial charge in [0.1, 0.15) is 24.4 Å². The molecule has 0 unspecified atom stereocenters. The SMILES string of the molecule is CCCCCCCCCC(=O)N(C)C[C@@H](O)[C@@H](O)[C@@H](O)[C@@H](O)CO. The summed E-state index contributed by atoms with van der Waals surface area (Å²) in [5, 5.41) is 47.1. The molecule has 0 bridgehead atoms. The van der Waals surface area contributed by atoms with Gasteiger partial charge in [0.25, 0.3) is 0 Å². The molecular formula is C17H35NO6. The van der Waals surface area contributed by atoms with E-state index in [0.717, 1.165) is 19.3 Å². The second kappa shape index (κ2) is 13.5. The molecule has 4 atom stereocenters. The van der Waals surface area contributed by atoms with Crippen LogP contribution in [0.2, 0.25) is 0 Å². The quantitative estimate of drug-likeness (QED) is 0.282. The molecule has 7 heteroatoms. The zero-order valence-corrected chi connectivity index (χ0v) is 15.0. The van der Waals surface area contributed by atoms with Crippen molar-refractivity contribution in [1.29, 1.82) is 0 Å². The Labute approximate surface area is 144 Å². The molecule has 0 saturated heterocycles. The molecule has 0 saturated carbocycles. The first-order chi connectivity index (χ1) is 11.3. The number of aliphatic hydroxyl groups excluding tert-OH is 5. The number of likely N-dealkylation sites (N-methyl/N-ethyl adjacent to an activating group) is 1. The fourth-order valence-electron chi connectivity index (χ4n) is 2.48. The van der Waals surface area contributed by atoms with Gasteiger partial charge in [-0.25, -0.2) is 0 Å². The lowest BCUT2D eigenvalue weighted by molar-refractivity contribution is -0.138. The van der Waals surface area contributed by atoms with E-state index in [1.165, 1.54) is 37.6 Å². The van der Waals surface area contributed by atoms with Gasteiger partial charge in [0.2, 0.25) is 5.91 Å². The smallest absolute Gasteiger partial charge is 0.222 e. The Kier molecular flexibility index (Phi) is 13.1. The lowest BCUT2D eigenvalue weighted by Crippen LogP contribution is -2.49. The van der Waals surface area contributed by atoms with E-state index in [0.29, 0.717) is 6.42 Å². The Morgan fingerprint density at radius 3 is 1.92 bits per heavy atom. The standard InChI is InChI=1S/C17H35NO6/c1-3-4-5-6-7-8-9-10-15(22)18(2)11-13(20)16(23)17(24)14(21)12-19/h13-14,16-17,19-21,23-24H,3-12H2,1-2H3/t13-,14+,16-,17+/m1/s1. The minimum atomic E-state index is -1.67. The number of hydrogen-bond donors (Lipinski definition) is 5. The molecule has 24 heavy (non-hydrogen) atoms. The van der Waals surface area contributed by atoms with E-state index >= 15 is 0 Å². The third kappa shape index (κ3) is 9.54. The summed E-state index contributed by atoms with van der Waals surface area (Å²) in [7, 11) is 1.52. The third-order valence-electron chi connectivity index (χ3n) is 4.21. The van der Waals surface area contributed by atoms with Crippen LogP contribution in [0.1, 0.15) is 58.3 Å². The van der Waals surface area contributed by atoms with E-state index in [1.807, 2.05) is 0 Å². The van der Waals surface area contributed by atoms with Crippen LogP contribution < -0.4 is 0 Å². The molecule has 1 amide bonds. The van der Waals surface area contributed by atoms with Crippen LogP contribution in [0.15, 0.2) is 0 Å². The first kappa shape index (κ1) is 23.3. The number of rotatable bonds is 14. The van der Waals surface area contributed by atoms with Gasteiger partial charge in [0.05, 0.1) is 6.61 Å². The molecule has 0 spiro atoms. The van der Waals surface area contributed by atoms with Crippen molar-refractivity contribution in [3.05, 3.63) is 0 Å². The normalized spacial score (nSPS) is 16.5. The lowest BCUT2D eigenvalue weighted by atomic mass is 10.0. The number of nitrogens with zero attached hydrogens (tertiary/aromatic N) is 1. The molecule has 144 valence electrons. The first-order valence-electron chi connectivity index (χ1n) is 8.92. The third-order valence-corrected chi connectivity index (χ3v) is 4.21. The van der Waals surface area contributed by atoms with E-state index in [4.69, 9.17) is 5.11 Å². The van der Waals surface area contributed by atoms with Crippen molar-refractivity contribution in [2.75, 3.05) is 20.2 Å². The predicted molar refractivity (Wildman–Crippen MR) is 91.4 cm³/mol. The van der Waals surface area contributed by atoms with Crippen LogP contribution in [-0.2, 0) is 4.79 Å². The Bertz CT molecular complexity index is 328. The highest BCUT2D eigenvalue weighted by atomic mass is 16.4. The molecule has 0 aromatic rings. The topological polar surface area (TPSA) is 121 Å². The second-order valence-electron chi connectivity index (χ2n) is 6.44. The number of carbonyl (C=O) groups is 1. The average Bonchev–Trinajstić information content (AvgIpc) is 2.58. The summed E-state index contributed by atoms with van der Waals surface area (Å²) in [5.74, 6) is -0.132. The molecule has 0 heterocycles. The maximum atomic E-state index is 12.0. The minimum Gasteiger partial charge on any atom is -0.394 e. The summed E-state index contributed by atoms with van der Waals surface area (Å²) >= 11 is 0. The van der Waals surface area contributed by atoms with Crippen molar-refractivity contribution in [3.8, 4) is 0 Å². The molecule has 0 aromatic heterocycles. The fraction of sp³-hybridized carbons (Fsp3) is 0.941. The molecule has 0 fully saturated rings. The van der Waals surface area contributed by atoms with Gasteiger partial charge in [-0.2, -0.15) is 0 Å². The zero-order valence-electron chi connectivity index (χ0n) is 15.0. The molecule has 0 aliphatic heterocycles. The highest BCUT2D eigenvalue weighted by molar-refractivity contribution is 5.75. The Morgan fingerprint density at radius 2 is 1.38 bits per heavy atom. The largest absolute Gasteiger partial charge is 0.394 e. The van der Waals surface area contributed by atoms with Crippen molar-refractivity contribution < 1.29 is 30.3 Å². The maximum absolute atomic E-state index is 12.0. The maximum Gasteiger partial charge on any atom is 0.222 e. The second-order valence-corrected chi connectivity index (χ2v) is 6.44. The van der Waals surface area contributed by atoms with Gasteiger partial charge in [-0.05, 0) is 6.42 Å². The van der Waals surface area contributed by atoms with E-state index < -0.39 is 31.0 Å². The zero-order chi connectivity index (χ0) is 18.5. The summed E-state index contributed by atoms with van der Waals surface area (Å²) in [6, 6.07) is 0. The van der Waals surface area contributed by atoms with Crippen molar-refractivity contribution in [3.63, 3.8) is 0 Å². The van der Waals surface area contributed by atoms with Crippen LogP contribution in [0.25, 0.3) is 0 Å². The molecule has 7 nitrogen and oxygen atoms in total. The van der Waals surface area contributed by atoms with Crippen molar-refractivity contribution >= 4 is 5.91 Å². The van der Waals surface area contributed by atoms with E-state index in [9.17, 15) is 25.2 Å². The Hall–Kier alpha value is -0.730. The summed E-state index contributed by atoms with van der Waals surface area (Å²) in [6.07, 6.45) is 1.92. The van der Waals surface area contributed by atoms with Crippen LogP contribution in [0.3, 0.4) is 0 Å². The summed E-state index contributed by atoms with van der Waals surface area (Å²) in [6.45, 7) is 1.30. The van der Waals surface area contributed by atoms with Crippen LogP contribution in [-0.4, -0.2) is 81.0 Å². The molecule has 0 aliphatic rings. The Morgan fingerprint density at radius 1 is 0.875 bits per heavy atom. The molecule has 0 aliphatic carbocycles. The number of hydrogen-bond acceptors (Lipinski definition) is 6. The minimum absolute atomic E-state index is 0.132. The van der Waals surface area contributed by atoms with Crippen LogP contribution in [0, 0.1) is 0 Å². The molecule has 0 radical (unpaired) electrons. The number of amides is 1. The molecule has 5 N–H and O–H groups in total. The first-order valence-corrected chi connectivity index (χ1v) is 8.92. The lowest BCUT2D eigenvalue weighted by Gasteiger charge is -2.28. The number of carbonyl (C=O) groups excluding carboxylic acids is 1. The summed E-state index contributed by atoms with van der Waals surface area (Å²) in [5.41, 5.74) is 0. The van der Waals surface area contributed by atoms with Crippen LogP contribution in [0.4, 0.5) is 0 Å². The van der Waals surface area contributed by atoms with Crippen molar-refractivity contribution in [2.24, 2.45) is 0 Å². The van der Waals surface area contributed by atoms with Crippen molar-refractivity contribution in [1.82, 2.24) is 4.90 Å². The number of aliphatic hydroxyl groups is 5. The van der Waals surface area contributed by atoms with Gasteiger partial charge >= 0.3 is 0 Å². The van der Waals surface area contributed by atoms with Gasteiger partial charge in [0, 0.05) is 20.0 Å². The van der Waals surface area contributed by atoms with Gasteiger partial charge in [-0.3, -0.25) is 4.79 Å².